The number of rotatable bonds is 5. The summed E-state index contributed by atoms with van der Waals surface area (Å²) in [7, 11) is 0. The summed E-state index contributed by atoms with van der Waals surface area (Å²) >= 11 is 6.17. The number of halogens is 1. The molecular formula is C22H21ClN4O. The fourth-order valence-electron chi connectivity index (χ4n) is 3.83. The quantitative estimate of drug-likeness (QED) is 0.530. The lowest BCUT2D eigenvalue weighted by atomic mass is 10.1. The van der Waals surface area contributed by atoms with Gasteiger partial charge in [-0.1, -0.05) is 41.9 Å². The number of imidazole rings is 1. The number of para-hydroxylation sites is 1. The molecule has 0 radical (unpaired) electrons. The molecule has 2 N–H and O–H groups in total. The molecule has 0 fully saturated rings. The van der Waals surface area contributed by atoms with Crippen LogP contribution in [-0.2, 0) is 24.4 Å². The zero-order chi connectivity index (χ0) is 18.9. The molecular weight excluding hydrogens is 372 g/mol. The lowest BCUT2D eigenvalue weighted by Crippen LogP contribution is -2.36. The fraction of sp³-hybridized carbons (Fsp3) is 0.227. The van der Waals surface area contributed by atoms with Gasteiger partial charge < -0.3 is 19.6 Å². The predicted molar refractivity (Wildman–Crippen MR) is 111 cm³/mol. The number of hydrogen-bond donors (Lipinski definition) is 2. The normalized spacial score (nSPS) is 16.4. The number of ether oxygens (including phenoxy) is 1. The predicted octanol–water partition coefficient (Wildman–Crippen LogP) is 4.37. The van der Waals surface area contributed by atoms with Gasteiger partial charge in [0.2, 0.25) is 0 Å². The summed E-state index contributed by atoms with van der Waals surface area (Å²) in [5, 5.41) is 5.54. The number of aromatic nitrogens is 3. The van der Waals surface area contributed by atoms with Crippen LogP contribution in [0.25, 0.3) is 22.2 Å². The number of nitrogens with zero attached hydrogens (tertiary/aromatic N) is 2. The summed E-state index contributed by atoms with van der Waals surface area (Å²) in [6.07, 6.45) is 4.08. The summed E-state index contributed by atoms with van der Waals surface area (Å²) < 4.78 is 8.25. The molecule has 0 spiro atoms. The highest BCUT2D eigenvalue weighted by molar-refractivity contribution is 6.30. The van der Waals surface area contributed by atoms with Gasteiger partial charge in [0.05, 0.1) is 24.5 Å². The zero-order valence-corrected chi connectivity index (χ0v) is 16.1. The van der Waals surface area contributed by atoms with Crippen LogP contribution in [0.5, 0.6) is 0 Å². The molecule has 0 bridgehead atoms. The second kappa shape index (κ2) is 7.43. The maximum Gasteiger partial charge on any atom is 0.135 e. The molecule has 0 aliphatic carbocycles. The number of aromatic amines is 1. The van der Waals surface area contributed by atoms with Gasteiger partial charge in [0.25, 0.3) is 0 Å². The number of fused-ring (bicyclic) bond motifs is 2. The maximum atomic E-state index is 6.17. The number of nitrogens with one attached hydrogen (secondary N) is 2. The van der Waals surface area contributed by atoms with Crippen LogP contribution in [-0.4, -0.2) is 27.2 Å². The second-order valence-corrected chi connectivity index (χ2v) is 7.54. The van der Waals surface area contributed by atoms with Gasteiger partial charge in [0.15, 0.2) is 0 Å². The Morgan fingerprint density at radius 3 is 3.07 bits per heavy atom. The molecule has 6 heteroatoms. The van der Waals surface area contributed by atoms with Crippen LogP contribution < -0.4 is 5.32 Å². The Hall–Kier alpha value is -2.60. The molecule has 2 aromatic heterocycles. The smallest absolute Gasteiger partial charge is 0.135 e. The maximum absolute atomic E-state index is 6.17. The number of H-pyrrole nitrogens is 1. The van der Waals surface area contributed by atoms with Crippen molar-refractivity contribution in [2.45, 2.75) is 25.8 Å². The van der Waals surface area contributed by atoms with E-state index in [1.807, 2.05) is 30.5 Å². The molecule has 1 aliphatic rings. The lowest BCUT2D eigenvalue weighted by molar-refractivity contribution is 0.00327. The Balaban J connectivity index is 1.26. The molecule has 0 amide bonds. The first kappa shape index (κ1) is 17.5. The molecule has 28 heavy (non-hydrogen) atoms. The summed E-state index contributed by atoms with van der Waals surface area (Å²) in [4.78, 5) is 7.84. The molecule has 5 rings (SSSR count). The highest BCUT2D eigenvalue weighted by Gasteiger charge is 2.22. The van der Waals surface area contributed by atoms with Crippen molar-refractivity contribution in [1.82, 2.24) is 19.9 Å². The first-order valence-electron chi connectivity index (χ1n) is 9.45. The summed E-state index contributed by atoms with van der Waals surface area (Å²) in [6, 6.07) is 16.3. The zero-order valence-electron chi connectivity index (χ0n) is 15.4. The van der Waals surface area contributed by atoms with Gasteiger partial charge >= 0.3 is 0 Å². The minimum Gasteiger partial charge on any atom is -0.367 e. The molecule has 0 unspecified atom stereocenters. The largest absolute Gasteiger partial charge is 0.367 e. The van der Waals surface area contributed by atoms with E-state index in [2.05, 4.69) is 50.3 Å². The van der Waals surface area contributed by atoms with Gasteiger partial charge in [-0.05, 0) is 23.8 Å². The Kier molecular flexibility index (Phi) is 4.64. The topological polar surface area (TPSA) is 54.9 Å². The van der Waals surface area contributed by atoms with Crippen molar-refractivity contribution in [3.8, 4) is 11.3 Å². The third-order valence-corrected chi connectivity index (χ3v) is 5.49. The second-order valence-electron chi connectivity index (χ2n) is 7.10. The summed E-state index contributed by atoms with van der Waals surface area (Å²) in [5.41, 5.74) is 4.61. The van der Waals surface area contributed by atoms with Crippen LogP contribution >= 0.6 is 11.6 Å². The Morgan fingerprint density at radius 1 is 1.21 bits per heavy atom. The lowest BCUT2D eigenvalue weighted by Gasteiger charge is -2.26. The molecule has 0 saturated heterocycles. The molecule has 4 aromatic rings. The number of hydrogen-bond acceptors (Lipinski definition) is 3. The summed E-state index contributed by atoms with van der Waals surface area (Å²) in [6.45, 7) is 2.89. The van der Waals surface area contributed by atoms with Gasteiger partial charge in [0, 0.05) is 40.8 Å². The van der Waals surface area contributed by atoms with E-state index in [9.17, 15) is 0 Å². The van der Waals surface area contributed by atoms with Crippen molar-refractivity contribution in [3.63, 3.8) is 0 Å². The van der Waals surface area contributed by atoms with Crippen molar-refractivity contribution in [1.29, 1.82) is 0 Å². The minimum absolute atomic E-state index is 0.102. The van der Waals surface area contributed by atoms with Gasteiger partial charge in [-0.25, -0.2) is 4.98 Å². The van der Waals surface area contributed by atoms with Crippen molar-refractivity contribution in [2.75, 3.05) is 6.54 Å². The summed E-state index contributed by atoms with van der Waals surface area (Å²) in [5.74, 6) is 0.961. The molecule has 2 aromatic carbocycles. The average Bonchev–Trinajstić information content (AvgIpc) is 3.32. The van der Waals surface area contributed by atoms with E-state index in [0.29, 0.717) is 6.61 Å². The highest BCUT2D eigenvalue weighted by Crippen LogP contribution is 2.27. The van der Waals surface area contributed by atoms with Crippen LogP contribution in [0.4, 0.5) is 0 Å². The van der Waals surface area contributed by atoms with Crippen LogP contribution in [0, 0.1) is 0 Å². The third-order valence-electron chi connectivity index (χ3n) is 5.26. The van der Waals surface area contributed by atoms with Gasteiger partial charge in [-0.3, -0.25) is 0 Å². The Labute approximate surface area is 168 Å². The van der Waals surface area contributed by atoms with Gasteiger partial charge in [0.1, 0.15) is 12.4 Å². The number of benzene rings is 2. The van der Waals surface area contributed by atoms with Crippen LogP contribution in [0.15, 0.2) is 60.9 Å². The Bertz CT molecular complexity index is 1120. The standard InChI is InChI=1S/C22H21ClN4O/c23-17-5-3-4-15(8-17)21-12-26-22-14-28-18(13-27(21)22)11-24-9-16-10-25-20-7-2-1-6-19(16)20/h1-8,10,12,18,24-25H,9,11,13-14H2/t18-/m0/s1. The Morgan fingerprint density at radius 2 is 2.14 bits per heavy atom. The van der Waals surface area contributed by atoms with Crippen LogP contribution in [0.2, 0.25) is 5.02 Å². The SMILES string of the molecule is Clc1cccc(-c2cnc3n2C[C@H](CNCc2c[nH]c4ccccc24)OC3)c1. The van der Waals surface area contributed by atoms with E-state index in [1.165, 1.54) is 16.5 Å². The fourth-order valence-corrected chi connectivity index (χ4v) is 4.02. The van der Waals surface area contributed by atoms with Crippen LogP contribution in [0.3, 0.4) is 0 Å². The van der Waals surface area contributed by atoms with Crippen molar-refractivity contribution >= 4 is 22.5 Å². The first-order chi connectivity index (χ1) is 13.8. The van der Waals surface area contributed by atoms with Crippen molar-refractivity contribution in [3.05, 3.63) is 77.3 Å². The van der Waals surface area contributed by atoms with Gasteiger partial charge in [-0.2, -0.15) is 0 Å². The van der Waals surface area contributed by atoms with E-state index < -0.39 is 0 Å². The first-order valence-corrected chi connectivity index (χ1v) is 9.83. The molecule has 0 saturated carbocycles. The molecule has 142 valence electrons. The monoisotopic (exact) mass is 392 g/mol. The molecule has 5 nitrogen and oxygen atoms in total. The average molecular weight is 393 g/mol. The van der Waals surface area contributed by atoms with E-state index in [-0.39, 0.29) is 6.10 Å². The van der Waals surface area contributed by atoms with E-state index in [0.717, 1.165) is 41.7 Å². The van der Waals surface area contributed by atoms with E-state index in [4.69, 9.17) is 16.3 Å². The molecule has 3 heterocycles. The van der Waals surface area contributed by atoms with Crippen LogP contribution in [0.1, 0.15) is 11.4 Å². The van der Waals surface area contributed by atoms with Crippen molar-refractivity contribution in [2.24, 2.45) is 0 Å². The molecule has 1 aliphatic heterocycles. The third kappa shape index (κ3) is 3.33. The van der Waals surface area contributed by atoms with E-state index in [1.54, 1.807) is 0 Å². The van der Waals surface area contributed by atoms with E-state index >= 15 is 0 Å². The minimum atomic E-state index is 0.102. The van der Waals surface area contributed by atoms with Gasteiger partial charge in [-0.15, -0.1) is 0 Å². The van der Waals surface area contributed by atoms with Crippen molar-refractivity contribution < 1.29 is 4.74 Å². The highest BCUT2D eigenvalue weighted by atomic mass is 35.5. The molecule has 1 atom stereocenters.